The third-order valence-corrected chi connectivity index (χ3v) is 4.48. The van der Waals surface area contributed by atoms with Crippen LogP contribution in [0.25, 0.3) is 0 Å². The summed E-state index contributed by atoms with van der Waals surface area (Å²) in [5, 5.41) is 34.3. The minimum absolute atomic E-state index is 0.0800. The van der Waals surface area contributed by atoms with Crippen molar-refractivity contribution in [3.63, 3.8) is 0 Å². The number of aliphatic hydroxyl groups excluding tert-OH is 1. The number of aliphatic hydroxyl groups is 1. The van der Waals surface area contributed by atoms with Gasteiger partial charge in [0.2, 0.25) is 17.7 Å². The molecule has 0 bridgehead atoms. The van der Waals surface area contributed by atoms with Crippen LogP contribution < -0.4 is 21.7 Å². The van der Waals surface area contributed by atoms with Gasteiger partial charge in [-0.2, -0.15) is 0 Å². The summed E-state index contributed by atoms with van der Waals surface area (Å²) >= 11 is 0. The molecule has 1 aromatic rings. The lowest BCUT2D eigenvalue weighted by atomic mass is 10.0. The Morgan fingerprint density at radius 2 is 1.58 bits per heavy atom. The molecule has 0 aromatic carbocycles. The van der Waals surface area contributed by atoms with Crippen molar-refractivity contribution in [3.8, 4) is 0 Å². The van der Waals surface area contributed by atoms with Crippen LogP contribution in [0.5, 0.6) is 0 Å². The van der Waals surface area contributed by atoms with E-state index >= 15 is 0 Å². The number of nitrogens with two attached hydrogens (primary N) is 1. The maximum absolute atomic E-state index is 12.9. The van der Waals surface area contributed by atoms with Gasteiger partial charge in [0.15, 0.2) is 0 Å². The molecule has 0 radical (unpaired) electrons. The quantitative estimate of drug-likeness (QED) is 0.140. The number of nitrogens with zero attached hydrogens (tertiary/aromatic N) is 1. The Labute approximate surface area is 189 Å². The highest BCUT2D eigenvalue weighted by Gasteiger charge is 2.32. The first-order valence-electron chi connectivity index (χ1n) is 10.1. The molecular formula is C19H30N6O8. The van der Waals surface area contributed by atoms with Crippen LogP contribution in [-0.2, 0) is 30.4 Å². The summed E-state index contributed by atoms with van der Waals surface area (Å²) in [5.41, 5.74) is 5.91. The van der Waals surface area contributed by atoms with Gasteiger partial charge in [0, 0.05) is 18.3 Å². The van der Waals surface area contributed by atoms with Gasteiger partial charge >= 0.3 is 11.9 Å². The van der Waals surface area contributed by atoms with Gasteiger partial charge in [0.25, 0.3) is 0 Å². The van der Waals surface area contributed by atoms with E-state index in [1.54, 1.807) is 13.8 Å². The Morgan fingerprint density at radius 1 is 1.00 bits per heavy atom. The molecule has 0 aliphatic heterocycles. The maximum atomic E-state index is 12.9. The second kappa shape index (κ2) is 13.1. The zero-order valence-corrected chi connectivity index (χ0v) is 18.3. The predicted molar refractivity (Wildman–Crippen MR) is 112 cm³/mol. The number of carbonyl (C=O) groups excluding carboxylic acids is 3. The normalized spacial score (nSPS) is 14.6. The van der Waals surface area contributed by atoms with Crippen molar-refractivity contribution in [2.24, 2.45) is 11.7 Å². The Bertz CT molecular complexity index is 828. The summed E-state index contributed by atoms with van der Waals surface area (Å²) in [6, 6.07) is -5.51. The van der Waals surface area contributed by atoms with Crippen LogP contribution in [0.2, 0.25) is 0 Å². The van der Waals surface area contributed by atoms with Gasteiger partial charge in [0.05, 0.1) is 19.4 Å². The van der Waals surface area contributed by atoms with Gasteiger partial charge in [0.1, 0.15) is 24.2 Å². The smallest absolute Gasteiger partial charge is 0.326 e. The molecule has 0 fully saturated rings. The highest BCUT2D eigenvalue weighted by Crippen LogP contribution is 2.07. The monoisotopic (exact) mass is 470 g/mol. The molecule has 0 saturated heterocycles. The highest BCUT2D eigenvalue weighted by atomic mass is 16.4. The number of carbonyl (C=O) groups is 5. The van der Waals surface area contributed by atoms with Crippen molar-refractivity contribution in [2.45, 2.75) is 57.3 Å². The van der Waals surface area contributed by atoms with Crippen LogP contribution in [0, 0.1) is 5.92 Å². The molecule has 4 atom stereocenters. The van der Waals surface area contributed by atoms with Gasteiger partial charge in [-0.3, -0.25) is 19.2 Å². The van der Waals surface area contributed by atoms with Crippen molar-refractivity contribution in [1.82, 2.24) is 25.9 Å². The van der Waals surface area contributed by atoms with Crippen molar-refractivity contribution in [1.29, 1.82) is 0 Å². The number of hydrogen-bond acceptors (Lipinski definition) is 8. The first-order chi connectivity index (χ1) is 15.4. The summed E-state index contributed by atoms with van der Waals surface area (Å²) in [5.74, 6) is -5.57. The lowest BCUT2D eigenvalue weighted by Gasteiger charge is -2.24. The zero-order valence-electron chi connectivity index (χ0n) is 18.3. The number of hydrogen-bond donors (Lipinski definition) is 8. The predicted octanol–water partition coefficient (Wildman–Crippen LogP) is -2.67. The summed E-state index contributed by atoms with van der Waals surface area (Å²) in [4.78, 5) is 66.8. The first kappa shape index (κ1) is 27.5. The molecule has 33 heavy (non-hydrogen) atoms. The fraction of sp³-hybridized carbons (Fsp3) is 0.579. The second-order valence-corrected chi connectivity index (χ2v) is 7.82. The molecule has 1 aromatic heterocycles. The lowest BCUT2D eigenvalue weighted by molar-refractivity contribution is -0.144. The molecule has 0 saturated carbocycles. The summed E-state index contributed by atoms with van der Waals surface area (Å²) in [6.45, 7) is 2.82. The van der Waals surface area contributed by atoms with E-state index in [-0.39, 0.29) is 18.8 Å². The zero-order chi connectivity index (χ0) is 25.1. The molecule has 14 heteroatoms. The molecule has 14 nitrogen and oxygen atoms in total. The topological polar surface area (TPSA) is 237 Å². The summed E-state index contributed by atoms with van der Waals surface area (Å²) in [6.07, 6.45) is 1.89. The Kier molecular flexibility index (Phi) is 10.9. The van der Waals surface area contributed by atoms with Crippen molar-refractivity contribution in [2.75, 3.05) is 6.61 Å². The van der Waals surface area contributed by atoms with E-state index in [0.29, 0.717) is 5.69 Å². The SMILES string of the molecule is CC(C)CC(NC(=O)C(CC(=O)O)NC(=O)C(Cc1cnc[nH]1)NC(=O)C(N)CO)C(=O)O. The number of carboxylic acids is 2. The van der Waals surface area contributed by atoms with E-state index in [9.17, 15) is 29.1 Å². The summed E-state index contributed by atoms with van der Waals surface area (Å²) < 4.78 is 0. The second-order valence-electron chi connectivity index (χ2n) is 7.82. The van der Waals surface area contributed by atoms with Crippen molar-refractivity contribution in [3.05, 3.63) is 18.2 Å². The molecule has 9 N–H and O–H groups in total. The van der Waals surface area contributed by atoms with Gasteiger partial charge < -0.3 is 42.0 Å². The number of carboxylic acid groups (broad SMARTS) is 2. The van der Waals surface area contributed by atoms with E-state index < -0.39 is 66.9 Å². The van der Waals surface area contributed by atoms with Crippen LogP contribution in [-0.4, -0.2) is 85.7 Å². The van der Waals surface area contributed by atoms with Crippen LogP contribution in [0.4, 0.5) is 0 Å². The molecule has 184 valence electrons. The fourth-order valence-corrected chi connectivity index (χ4v) is 2.81. The van der Waals surface area contributed by atoms with Gasteiger partial charge in [-0.05, 0) is 12.3 Å². The molecule has 0 aliphatic carbocycles. The van der Waals surface area contributed by atoms with Gasteiger partial charge in [-0.1, -0.05) is 13.8 Å². The Morgan fingerprint density at radius 3 is 2.06 bits per heavy atom. The third kappa shape index (κ3) is 9.65. The largest absolute Gasteiger partial charge is 0.481 e. The fourth-order valence-electron chi connectivity index (χ4n) is 2.81. The number of imidazole rings is 1. The molecule has 0 spiro atoms. The van der Waals surface area contributed by atoms with Crippen LogP contribution in [0.1, 0.15) is 32.4 Å². The van der Waals surface area contributed by atoms with Crippen LogP contribution >= 0.6 is 0 Å². The molecular weight excluding hydrogens is 440 g/mol. The third-order valence-electron chi connectivity index (χ3n) is 4.48. The first-order valence-corrected chi connectivity index (χ1v) is 10.1. The Balaban J connectivity index is 3.04. The standard InChI is InChI=1S/C19H30N6O8/c1-9(2)3-14(19(32)33)25-18(31)13(5-15(27)28)24-17(30)12(4-10-6-21-8-22-10)23-16(29)11(20)7-26/h6,8-9,11-14,26H,3-5,7,20H2,1-2H3,(H,21,22)(H,23,29)(H,24,30)(H,25,31)(H,27,28)(H,32,33). The van der Waals surface area contributed by atoms with Crippen LogP contribution in [0.15, 0.2) is 12.5 Å². The molecule has 1 rings (SSSR count). The number of aliphatic carboxylic acids is 2. The van der Waals surface area contributed by atoms with Crippen molar-refractivity contribution >= 4 is 29.7 Å². The van der Waals surface area contributed by atoms with Gasteiger partial charge in [-0.25, -0.2) is 9.78 Å². The van der Waals surface area contributed by atoms with E-state index in [2.05, 4.69) is 25.9 Å². The Hall–Kier alpha value is -3.52. The van der Waals surface area contributed by atoms with Gasteiger partial charge in [-0.15, -0.1) is 0 Å². The summed E-state index contributed by atoms with van der Waals surface area (Å²) in [7, 11) is 0. The lowest BCUT2D eigenvalue weighted by Crippen LogP contribution is -2.58. The average molecular weight is 470 g/mol. The van der Waals surface area contributed by atoms with E-state index in [1.807, 2.05) is 0 Å². The highest BCUT2D eigenvalue weighted by molar-refractivity contribution is 5.95. The number of aromatic nitrogens is 2. The number of H-pyrrole nitrogens is 1. The minimum Gasteiger partial charge on any atom is -0.481 e. The van der Waals surface area contributed by atoms with E-state index in [1.165, 1.54) is 12.5 Å². The van der Waals surface area contributed by atoms with Crippen LogP contribution in [0.3, 0.4) is 0 Å². The number of rotatable bonds is 14. The number of amides is 3. The molecule has 3 amide bonds. The molecule has 0 aliphatic rings. The number of aromatic amines is 1. The molecule has 4 unspecified atom stereocenters. The number of nitrogens with one attached hydrogen (secondary N) is 4. The van der Waals surface area contributed by atoms with E-state index in [0.717, 1.165) is 0 Å². The van der Waals surface area contributed by atoms with Crippen molar-refractivity contribution < 1.29 is 39.3 Å². The minimum atomic E-state index is -1.61. The maximum Gasteiger partial charge on any atom is 0.326 e. The van der Waals surface area contributed by atoms with E-state index in [4.69, 9.17) is 15.9 Å². The molecule has 1 heterocycles. The average Bonchev–Trinajstić information content (AvgIpc) is 3.23.